The summed E-state index contributed by atoms with van der Waals surface area (Å²) in [5.74, 6) is 1.62. The molecular formula is C28H35N7O. The first-order chi connectivity index (χ1) is 17.5. The standard InChI is InChI=1S/C28H35N7O/c1-2-3-10-24-34-25-26(21-8-4-5-9-22(21)33-27(25)31)35(24)18-7-6-17-32-28(36)20-14-11-19(12-15-20)13-16-23(29)30/h4-5,8-9,11-12,14-15H,2-3,6-7,10,13,16-18H2,1H3,(H3,29,30)(H2,31,33)(H,32,36). The summed E-state index contributed by atoms with van der Waals surface area (Å²) in [6.45, 7) is 3.59. The summed E-state index contributed by atoms with van der Waals surface area (Å²) < 4.78 is 2.30. The zero-order valence-corrected chi connectivity index (χ0v) is 20.9. The van der Waals surface area contributed by atoms with E-state index in [1.165, 1.54) is 0 Å². The van der Waals surface area contributed by atoms with Gasteiger partial charge >= 0.3 is 0 Å². The smallest absolute Gasteiger partial charge is 0.251 e. The summed E-state index contributed by atoms with van der Waals surface area (Å²) in [6.07, 6.45) is 6.06. The van der Waals surface area contributed by atoms with Gasteiger partial charge in [-0.15, -0.1) is 0 Å². The molecule has 0 spiro atoms. The fraction of sp³-hybridized carbons (Fsp3) is 0.357. The second-order valence-corrected chi connectivity index (χ2v) is 9.18. The summed E-state index contributed by atoms with van der Waals surface area (Å²) >= 11 is 0. The summed E-state index contributed by atoms with van der Waals surface area (Å²) in [6, 6.07) is 15.6. The molecule has 0 fully saturated rings. The molecule has 8 heteroatoms. The first-order valence-corrected chi connectivity index (χ1v) is 12.7. The van der Waals surface area contributed by atoms with Crippen molar-refractivity contribution in [3.8, 4) is 0 Å². The largest absolute Gasteiger partial charge is 0.388 e. The molecule has 4 rings (SSSR count). The number of hydrogen-bond donors (Lipinski definition) is 4. The topological polar surface area (TPSA) is 136 Å². The molecule has 0 aliphatic rings. The number of nitrogen functional groups attached to an aromatic ring is 1. The lowest BCUT2D eigenvalue weighted by atomic mass is 10.1. The highest BCUT2D eigenvalue weighted by atomic mass is 16.1. The molecule has 0 aliphatic heterocycles. The molecular weight excluding hydrogens is 450 g/mol. The Morgan fingerprint density at radius 3 is 2.56 bits per heavy atom. The molecule has 0 saturated heterocycles. The average molecular weight is 486 g/mol. The van der Waals surface area contributed by atoms with Gasteiger partial charge in [-0.05, 0) is 49.4 Å². The lowest BCUT2D eigenvalue weighted by Crippen LogP contribution is -2.24. The Morgan fingerprint density at radius 2 is 1.81 bits per heavy atom. The van der Waals surface area contributed by atoms with E-state index in [0.717, 1.165) is 72.0 Å². The van der Waals surface area contributed by atoms with Gasteiger partial charge in [-0.25, -0.2) is 9.97 Å². The second-order valence-electron chi connectivity index (χ2n) is 9.18. The number of nitrogens with one attached hydrogen (secondary N) is 2. The molecule has 0 radical (unpaired) electrons. The lowest BCUT2D eigenvalue weighted by molar-refractivity contribution is 0.0953. The van der Waals surface area contributed by atoms with E-state index in [0.29, 0.717) is 30.8 Å². The molecule has 188 valence electrons. The third kappa shape index (κ3) is 5.82. The number of fused-ring (bicyclic) bond motifs is 3. The van der Waals surface area contributed by atoms with Crippen LogP contribution in [0, 0.1) is 5.41 Å². The van der Waals surface area contributed by atoms with Crippen molar-refractivity contribution in [3.05, 3.63) is 65.5 Å². The molecule has 2 aromatic heterocycles. The number of anilines is 1. The average Bonchev–Trinajstić information content (AvgIpc) is 3.25. The van der Waals surface area contributed by atoms with Gasteiger partial charge in [0.2, 0.25) is 0 Å². The van der Waals surface area contributed by atoms with E-state index >= 15 is 0 Å². The zero-order chi connectivity index (χ0) is 25.5. The zero-order valence-electron chi connectivity index (χ0n) is 20.9. The Morgan fingerprint density at radius 1 is 1.03 bits per heavy atom. The predicted octanol–water partition coefficient (Wildman–Crippen LogP) is 4.59. The molecule has 2 heterocycles. The Kier molecular flexibility index (Phi) is 8.15. The fourth-order valence-corrected chi connectivity index (χ4v) is 4.47. The van der Waals surface area contributed by atoms with Crippen LogP contribution in [0.4, 0.5) is 5.82 Å². The molecule has 0 aliphatic carbocycles. The van der Waals surface area contributed by atoms with Gasteiger partial charge in [0.05, 0.1) is 16.9 Å². The van der Waals surface area contributed by atoms with Crippen LogP contribution in [-0.2, 0) is 19.4 Å². The quantitative estimate of drug-likeness (QED) is 0.132. The fourth-order valence-electron chi connectivity index (χ4n) is 4.47. The number of aryl methyl sites for hydroxylation is 3. The highest BCUT2D eigenvalue weighted by Gasteiger charge is 2.17. The van der Waals surface area contributed by atoms with E-state index in [4.69, 9.17) is 21.9 Å². The predicted molar refractivity (Wildman–Crippen MR) is 146 cm³/mol. The minimum Gasteiger partial charge on any atom is -0.388 e. The maximum Gasteiger partial charge on any atom is 0.251 e. The maximum absolute atomic E-state index is 12.5. The van der Waals surface area contributed by atoms with Crippen LogP contribution in [0.1, 0.15) is 60.8 Å². The van der Waals surface area contributed by atoms with Crippen LogP contribution in [0.3, 0.4) is 0 Å². The number of hydrogen-bond acceptors (Lipinski definition) is 5. The van der Waals surface area contributed by atoms with Crippen LogP contribution in [0.2, 0.25) is 0 Å². The Labute approximate surface area is 211 Å². The van der Waals surface area contributed by atoms with Crippen LogP contribution in [0.5, 0.6) is 0 Å². The van der Waals surface area contributed by atoms with Crippen LogP contribution in [0.25, 0.3) is 21.9 Å². The van der Waals surface area contributed by atoms with E-state index in [9.17, 15) is 4.79 Å². The molecule has 6 N–H and O–H groups in total. The Bertz CT molecular complexity index is 1360. The monoisotopic (exact) mass is 485 g/mol. The van der Waals surface area contributed by atoms with Gasteiger partial charge in [-0.3, -0.25) is 10.2 Å². The SMILES string of the molecule is CCCCc1nc2c(N)nc3ccccc3c2n1CCCCNC(=O)c1ccc(CCC(=N)N)cc1. The number of amides is 1. The van der Waals surface area contributed by atoms with Crippen molar-refractivity contribution in [2.24, 2.45) is 5.73 Å². The van der Waals surface area contributed by atoms with Crippen molar-refractivity contribution in [2.75, 3.05) is 12.3 Å². The summed E-state index contributed by atoms with van der Waals surface area (Å²) in [5, 5.41) is 11.4. The van der Waals surface area contributed by atoms with Crippen molar-refractivity contribution in [3.63, 3.8) is 0 Å². The van der Waals surface area contributed by atoms with Crippen molar-refractivity contribution in [1.29, 1.82) is 5.41 Å². The van der Waals surface area contributed by atoms with Crippen LogP contribution >= 0.6 is 0 Å². The number of unbranched alkanes of at least 4 members (excludes halogenated alkanes) is 2. The highest BCUT2D eigenvalue weighted by molar-refractivity contribution is 6.06. The number of carbonyl (C=O) groups excluding carboxylic acids is 1. The Hall–Kier alpha value is -3.94. The van der Waals surface area contributed by atoms with Gasteiger partial charge in [0.15, 0.2) is 5.82 Å². The molecule has 36 heavy (non-hydrogen) atoms. The molecule has 2 aromatic carbocycles. The molecule has 0 bridgehead atoms. The van der Waals surface area contributed by atoms with Gasteiger partial charge in [0.25, 0.3) is 5.91 Å². The van der Waals surface area contributed by atoms with Crippen LogP contribution in [0.15, 0.2) is 48.5 Å². The van der Waals surface area contributed by atoms with Crippen molar-refractivity contribution in [2.45, 2.75) is 58.4 Å². The molecule has 1 amide bonds. The van der Waals surface area contributed by atoms with E-state index in [1.807, 2.05) is 42.5 Å². The molecule has 0 unspecified atom stereocenters. The summed E-state index contributed by atoms with van der Waals surface area (Å²) in [4.78, 5) is 22.0. The number of aromatic nitrogens is 3. The van der Waals surface area contributed by atoms with Gasteiger partial charge in [0, 0.05) is 36.9 Å². The van der Waals surface area contributed by atoms with Crippen molar-refractivity contribution >= 4 is 39.5 Å². The number of benzene rings is 2. The highest BCUT2D eigenvalue weighted by Crippen LogP contribution is 2.29. The van der Waals surface area contributed by atoms with E-state index < -0.39 is 0 Å². The number of pyridine rings is 1. The van der Waals surface area contributed by atoms with Crippen LogP contribution in [-0.4, -0.2) is 32.8 Å². The number of rotatable bonds is 12. The third-order valence-electron chi connectivity index (χ3n) is 6.44. The number of para-hydroxylation sites is 1. The first-order valence-electron chi connectivity index (χ1n) is 12.7. The van der Waals surface area contributed by atoms with E-state index in [2.05, 4.69) is 27.9 Å². The number of nitrogens with two attached hydrogens (primary N) is 2. The number of imidazole rings is 1. The second kappa shape index (κ2) is 11.7. The minimum absolute atomic E-state index is 0.0744. The van der Waals surface area contributed by atoms with Gasteiger partial charge < -0.3 is 21.4 Å². The Balaban J connectivity index is 1.39. The lowest BCUT2D eigenvalue weighted by Gasteiger charge is -2.11. The van der Waals surface area contributed by atoms with Gasteiger partial charge in [0.1, 0.15) is 11.3 Å². The molecule has 8 nitrogen and oxygen atoms in total. The summed E-state index contributed by atoms with van der Waals surface area (Å²) in [5.41, 5.74) is 16.1. The van der Waals surface area contributed by atoms with E-state index in [-0.39, 0.29) is 11.7 Å². The first kappa shape index (κ1) is 25.2. The molecule has 0 saturated carbocycles. The van der Waals surface area contributed by atoms with Gasteiger partial charge in [-0.1, -0.05) is 43.7 Å². The molecule has 0 atom stereocenters. The maximum atomic E-state index is 12.5. The third-order valence-corrected chi connectivity index (χ3v) is 6.44. The summed E-state index contributed by atoms with van der Waals surface area (Å²) in [7, 11) is 0. The van der Waals surface area contributed by atoms with E-state index in [1.54, 1.807) is 0 Å². The number of carbonyl (C=O) groups is 1. The van der Waals surface area contributed by atoms with Crippen LogP contribution < -0.4 is 16.8 Å². The van der Waals surface area contributed by atoms with Crippen molar-refractivity contribution < 1.29 is 4.79 Å². The number of nitrogens with zero attached hydrogens (tertiary/aromatic N) is 3. The molecule has 4 aromatic rings. The normalized spacial score (nSPS) is 11.2. The number of amidine groups is 1. The minimum atomic E-state index is -0.0744. The van der Waals surface area contributed by atoms with Crippen molar-refractivity contribution in [1.82, 2.24) is 19.9 Å². The van der Waals surface area contributed by atoms with Gasteiger partial charge in [-0.2, -0.15) is 0 Å².